The Kier molecular flexibility index (Phi) is 4.87. The van der Waals surface area contributed by atoms with Gasteiger partial charge in [0.2, 0.25) is 0 Å². The minimum atomic E-state index is 0.732. The van der Waals surface area contributed by atoms with Gasteiger partial charge in [0.1, 0.15) is 5.75 Å². The summed E-state index contributed by atoms with van der Waals surface area (Å²) in [5, 5.41) is 3.71. The minimum Gasteiger partial charge on any atom is -0.496 e. The molecule has 0 atom stereocenters. The number of H-pyrrole nitrogens is 1. The van der Waals surface area contributed by atoms with Crippen molar-refractivity contribution in [1.82, 2.24) is 4.98 Å². The fraction of sp³-hybridized carbons (Fsp3) is 0.250. The van der Waals surface area contributed by atoms with Gasteiger partial charge >= 0.3 is 0 Å². The number of aryl methyl sites for hydroxylation is 2. The lowest BCUT2D eigenvalue weighted by molar-refractivity contribution is 0.417. The molecule has 3 aromatic carbocycles. The summed E-state index contributed by atoms with van der Waals surface area (Å²) in [5.41, 5.74) is 11.9. The Morgan fingerprint density at radius 3 is 2.48 bits per heavy atom. The van der Waals surface area contributed by atoms with Crippen LogP contribution >= 0.6 is 0 Å². The monoisotopic (exact) mass is 358 g/mol. The molecule has 1 heterocycles. The number of rotatable bonds is 6. The quantitative estimate of drug-likeness (QED) is 0.442. The lowest BCUT2D eigenvalue weighted by Gasteiger charge is -2.12. The molecule has 3 heteroatoms. The third-order valence-corrected chi connectivity index (χ3v) is 5.37. The predicted octanol–water partition coefficient (Wildman–Crippen LogP) is 5.59. The maximum atomic E-state index is 5.77. The van der Waals surface area contributed by atoms with E-state index in [1.807, 2.05) is 0 Å². The van der Waals surface area contributed by atoms with E-state index in [0.29, 0.717) is 0 Å². The number of methoxy groups -OCH3 is 1. The van der Waals surface area contributed by atoms with Gasteiger partial charge in [-0.15, -0.1) is 0 Å². The smallest absolute Gasteiger partial charge is 0.128 e. The highest BCUT2D eigenvalue weighted by Gasteiger charge is 2.17. The van der Waals surface area contributed by atoms with E-state index in [1.165, 1.54) is 38.5 Å². The molecule has 0 bridgehead atoms. The third-order valence-electron chi connectivity index (χ3n) is 5.37. The fourth-order valence-corrected chi connectivity index (χ4v) is 3.94. The Morgan fingerprint density at radius 2 is 1.74 bits per heavy atom. The van der Waals surface area contributed by atoms with Crippen LogP contribution < -0.4 is 10.5 Å². The zero-order valence-electron chi connectivity index (χ0n) is 16.0. The van der Waals surface area contributed by atoms with Crippen LogP contribution in [0.5, 0.6) is 5.75 Å². The number of unbranched alkanes of at least 4 members (excludes halogenated alkanes) is 1. The molecule has 0 unspecified atom stereocenters. The van der Waals surface area contributed by atoms with Crippen LogP contribution in [-0.4, -0.2) is 18.6 Å². The number of hydrogen-bond donors (Lipinski definition) is 2. The molecule has 4 aromatic rings. The van der Waals surface area contributed by atoms with Crippen molar-refractivity contribution in [2.75, 3.05) is 13.7 Å². The largest absolute Gasteiger partial charge is 0.496 e. The average Bonchev–Trinajstić information content (AvgIpc) is 3.07. The summed E-state index contributed by atoms with van der Waals surface area (Å²) in [7, 11) is 1.75. The Hall–Kier alpha value is -2.78. The van der Waals surface area contributed by atoms with E-state index in [4.69, 9.17) is 10.5 Å². The number of nitrogens with one attached hydrogen (secondary N) is 1. The summed E-state index contributed by atoms with van der Waals surface area (Å²) < 4.78 is 5.77. The second kappa shape index (κ2) is 7.45. The molecule has 0 saturated carbocycles. The van der Waals surface area contributed by atoms with Crippen molar-refractivity contribution in [3.63, 3.8) is 0 Å². The standard InChI is InChI=1S/C24H26N2O/c1-16-8-7-12-19-20(11-5-6-13-25)24(26-23(16)19)21-14-17-9-3-4-10-18(17)15-22(21)27-2/h3-4,7-10,12,14-15,26H,5-6,11,13,25H2,1-2H3. The first-order valence-corrected chi connectivity index (χ1v) is 9.60. The highest BCUT2D eigenvalue weighted by atomic mass is 16.5. The van der Waals surface area contributed by atoms with Gasteiger partial charge in [-0.1, -0.05) is 42.5 Å². The second-order valence-corrected chi connectivity index (χ2v) is 7.12. The average molecular weight is 358 g/mol. The molecule has 0 saturated heterocycles. The lowest BCUT2D eigenvalue weighted by Crippen LogP contribution is -1.99. The summed E-state index contributed by atoms with van der Waals surface area (Å²) in [6.45, 7) is 2.89. The van der Waals surface area contributed by atoms with Crippen molar-refractivity contribution in [2.45, 2.75) is 26.2 Å². The summed E-state index contributed by atoms with van der Waals surface area (Å²) in [6.07, 6.45) is 3.12. The topological polar surface area (TPSA) is 51.0 Å². The van der Waals surface area contributed by atoms with Gasteiger partial charge in [0.25, 0.3) is 0 Å². The SMILES string of the molecule is COc1cc2ccccc2cc1-c1[nH]c2c(C)cccc2c1CCCCN. The van der Waals surface area contributed by atoms with Crippen molar-refractivity contribution in [2.24, 2.45) is 5.73 Å². The van der Waals surface area contributed by atoms with Gasteiger partial charge < -0.3 is 15.5 Å². The van der Waals surface area contributed by atoms with Crippen LogP contribution in [0.25, 0.3) is 32.9 Å². The van der Waals surface area contributed by atoms with Gasteiger partial charge in [-0.25, -0.2) is 0 Å². The van der Waals surface area contributed by atoms with E-state index in [0.717, 1.165) is 37.1 Å². The molecule has 138 valence electrons. The van der Waals surface area contributed by atoms with Gasteiger partial charge in [-0.3, -0.25) is 0 Å². The fourth-order valence-electron chi connectivity index (χ4n) is 3.94. The summed E-state index contributed by atoms with van der Waals surface area (Å²) in [6, 6.07) is 19.3. The minimum absolute atomic E-state index is 0.732. The molecule has 0 spiro atoms. The molecule has 3 N–H and O–H groups in total. The Balaban J connectivity index is 1.96. The van der Waals surface area contributed by atoms with Gasteiger partial charge in [-0.2, -0.15) is 0 Å². The second-order valence-electron chi connectivity index (χ2n) is 7.12. The molecule has 0 fully saturated rings. The number of aromatic nitrogens is 1. The number of benzene rings is 3. The maximum absolute atomic E-state index is 5.77. The van der Waals surface area contributed by atoms with E-state index in [2.05, 4.69) is 66.5 Å². The zero-order chi connectivity index (χ0) is 18.8. The number of nitrogens with two attached hydrogens (primary N) is 1. The van der Waals surface area contributed by atoms with Crippen molar-refractivity contribution < 1.29 is 4.74 Å². The maximum Gasteiger partial charge on any atom is 0.128 e. The van der Waals surface area contributed by atoms with Crippen LogP contribution in [-0.2, 0) is 6.42 Å². The number of fused-ring (bicyclic) bond motifs is 2. The molecule has 0 amide bonds. The highest BCUT2D eigenvalue weighted by Crippen LogP contribution is 2.39. The summed E-state index contributed by atoms with van der Waals surface area (Å²) >= 11 is 0. The third kappa shape index (κ3) is 3.19. The number of aromatic amines is 1. The molecule has 3 nitrogen and oxygen atoms in total. The summed E-state index contributed by atoms with van der Waals surface area (Å²) in [5.74, 6) is 0.901. The zero-order valence-corrected chi connectivity index (χ0v) is 16.0. The van der Waals surface area contributed by atoms with Crippen LogP contribution in [0.3, 0.4) is 0 Å². The Labute approximate surface area is 160 Å². The summed E-state index contributed by atoms with van der Waals surface area (Å²) in [4.78, 5) is 3.70. The molecule has 4 rings (SSSR count). The van der Waals surface area contributed by atoms with E-state index in [9.17, 15) is 0 Å². The molecule has 0 aliphatic heterocycles. The van der Waals surface area contributed by atoms with E-state index in [-0.39, 0.29) is 0 Å². The molecule has 0 radical (unpaired) electrons. The van der Waals surface area contributed by atoms with Gasteiger partial charge in [0, 0.05) is 16.5 Å². The van der Waals surface area contributed by atoms with Gasteiger partial charge in [0.05, 0.1) is 12.8 Å². The van der Waals surface area contributed by atoms with Crippen molar-refractivity contribution >= 4 is 21.7 Å². The first-order chi connectivity index (χ1) is 13.2. The molecule has 0 aliphatic carbocycles. The van der Waals surface area contributed by atoms with Crippen molar-refractivity contribution in [1.29, 1.82) is 0 Å². The predicted molar refractivity (Wildman–Crippen MR) is 115 cm³/mol. The Morgan fingerprint density at radius 1 is 0.963 bits per heavy atom. The Bertz CT molecular complexity index is 1090. The van der Waals surface area contributed by atoms with Crippen LogP contribution in [0.1, 0.15) is 24.0 Å². The lowest BCUT2D eigenvalue weighted by atomic mass is 9.97. The van der Waals surface area contributed by atoms with Crippen molar-refractivity contribution in [3.8, 4) is 17.0 Å². The van der Waals surface area contributed by atoms with Crippen LogP contribution in [0, 0.1) is 6.92 Å². The molecule has 0 aliphatic rings. The van der Waals surface area contributed by atoms with E-state index < -0.39 is 0 Å². The van der Waals surface area contributed by atoms with E-state index >= 15 is 0 Å². The number of ether oxygens (including phenoxy) is 1. The molecule has 27 heavy (non-hydrogen) atoms. The van der Waals surface area contributed by atoms with Crippen LogP contribution in [0.4, 0.5) is 0 Å². The van der Waals surface area contributed by atoms with Gasteiger partial charge in [0.15, 0.2) is 0 Å². The van der Waals surface area contributed by atoms with Crippen LogP contribution in [0.2, 0.25) is 0 Å². The van der Waals surface area contributed by atoms with Crippen LogP contribution in [0.15, 0.2) is 54.6 Å². The van der Waals surface area contributed by atoms with Gasteiger partial charge in [-0.05, 0) is 66.8 Å². The molecule has 1 aromatic heterocycles. The first kappa shape index (κ1) is 17.6. The van der Waals surface area contributed by atoms with Crippen molar-refractivity contribution in [3.05, 3.63) is 65.7 Å². The highest BCUT2D eigenvalue weighted by molar-refractivity contribution is 5.97. The van der Waals surface area contributed by atoms with E-state index in [1.54, 1.807) is 7.11 Å². The first-order valence-electron chi connectivity index (χ1n) is 9.60. The molecular formula is C24H26N2O. The number of hydrogen-bond acceptors (Lipinski definition) is 2. The molecular weight excluding hydrogens is 332 g/mol. The number of para-hydroxylation sites is 1. The normalized spacial score (nSPS) is 11.4.